The number of hydrogen-bond acceptors (Lipinski definition) is 7. The van der Waals surface area contributed by atoms with Crippen LogP contribution in [-0.2, 0) is 6.61 Å². The zero-order chi connectivity index (χ0) is 25.7. The van der Waals surface area contributed by atoms with Crippen molar-refractivity contribution in [2.45, 2.75) is 37.8 Å². The van der Waals surface area contributed by atoms with Crippen LogP contribution in [0.1, 0.15) is 33.3 Å². The van der Waals surface area contributed by atoms with Crippen molar-refractivity contribution in [3.63, 3.8) is 0 Å². The van der Waals surface area contributed by atoms with E-state index in [4.69, 9.17) is 9.47 Å². The Kier molecular flexibility index (Phi) is 7.90. The van der Waals surface area contributed by atoms with Gasteiger partial charge in [-0.1, -0.05) is 65.4 Å². The predicted molar refractivity (Wildman–Crippen MR) is 140 cm³/mol. The molecule has 0 saturated heterocycles. The third kappa shape index (κ3) is 6.04. The van der Waals surface area contributed by atoms with Gasteiger partial charge in [-0.2, -0.15) is 0 Å². The lowest BCUT2D eigenvalue weighted by Gasteiger charge is -2.17. The van der Waals surface area contributed by atoms with Crippen LogP contribution < -0.4 is 9.47 Å². The monoisotopic (exact) mass is 504 g/mol. The number of aryl methyl sites for hydroxylation is 3. The first-order valence-electron chi connectivity index (χ1n) is 11.5. The maximum Gasteiger partial charge on any atom is 0.220 e. The van der Waals surface area contributed by atoms with E-state index in [2.05, 4.69) is 10.2 Å². The van der Waals surface area contributed by atoms with Crippen molar-refractivity contribution in [1.82, 2.24) is 14.8 Å². The molecule has 0 radical (unpaired) electrons. The van der Waals surface area contributed by atoms with E-state index in [0.29, 0.717) is 29.1 Å². The Morgan fingerprint density at radius 3 is 2.25 bits per heavy atom. The standard InChI is InChI=1S/C27H28N4O4S/c1-18-5-9-21(10-6-18)17-35-24-14-11-22(15-25(24)34-4)26(16-30(32)33)36-27-29-28-20(3)31(27)23-12-7-19(2)8-13-23/h5-15,26H,16-17H2,1-4H3/t26-/m1/s1. The largest absolute Gasteiger partial charge is 0.493 e. The van der Waals surface area contributed by atoms with E-state index in [9.17, 15) is 10.1 Å². The number of nitrogens with zero attached hydrogens (tertiary/aromatic N) is 4. The molecular formula is C27H28N4O4S. The van der Waals surface area contributed by atoms with Crippen molar-refractivity contribution in [2.24, 2.45) is 0 Å². The van der Waals surface area contributed by atoms with E-state index in [0.717, 1.165) is 22.4 Å². The van der Waals surface area contributed by atoms with E-state index < -0.39 is 5.25 Å². The molecule has 0 N–H and O–H groups in total. The lowest BCUT2D eigenvalue weighted by Crippen LogP contribution is -2.11. The number of benzene rings is 3. The molecule has 0 unspecified atom stereocenters. The number of methoxy groups -OCH3 is 1. The number of thioether (sulfide) groups is 1. The molecule has 0 aliphatic rings. The van der Waals surface area contributed by atoms with Gasteiger partial charge in [0, 0.05) is 10.6 Å². The number of ether oxygens (including phenoxy) is 2. The van der Waals surface area contributed by atoms with Gasteiger partial charge < -0.3 is 9.47 Å². The highest BCUT2D eigenvalue weighted by molar-refractivity contribution is 7.99. The van der Waals surface area contributed by atoms with Gasteiger partial charge in [0.25, 0.3) is 0 Å². The van der Waals surface area contributed by atoms with Crippen molar-refractivity contribution in [1.29, 1.82) is 0 Å². The molecule has 3 aromatic carbocycles. The van der Waals surface area contributed by atoms with Crippen LogP contribution in [0.15, 0.2) is 71.9 Å². The SMILES string of the molecule is COc1cc([C@@H](C[N+](=O)[O-])Sc2nnc(C)n2-c2ccc(C)cc2)ccc1OCc1ccc(C)cc1. The Labute approximate surface area is 214 Å². The van der Waals surface area contributed by atoms with Gasteiger partial charge in [-0.15, -0.1) is 10.2 Å². The van der Waals surface area contributed by atoms with Gasteiger partial charge in [-0.25, -0.2) is 0 Å². The fourth-order valence-corrected chi connectivity index (χ4v) is 4.90. The Morgan fingerprint density at radius 1 is 0.944 bits per heavy atom. The molecule has 0 aliphatic carbocycles. The maximum absolute atomic E-state index is 11.6. The molecule has 1 heterocycles. The second-order valence-corrected chi connectivity index (χ2v) is 9.68. The minimum Gasteiger partial charge on any atom is -0.493 e. The van der Waals surface area contributed by atoms with Crippen molar-refractivity contribution in [2.75, 3.05) is 13.7 Å². The molecule has 0 spiro atoms. The summed E-state index contributed by atoms with van der Waals surface area (Å²) in [5.74, 6) is 1.80. The Hall–Kier alpha value is -3.85. The van der Waals surface area contributed by atoms with Crippen LogP contribution in [0, 0.1) is 30.9 Å². The van der Waals surface area contributed by atoms with Gasteiger partial charge in [-0.3, -0.25) is 14.7 Å². The summed E-state index contributed by atoms with van der Waals surface area (Å²) in [6.45, 7) is 6.03. The van der Waals surface area contributed by atoms with E-state index in [-0.39, 0.29) is 11.5 Å². The first kappa shape index (κ1) is 25.2. The van der Waals surface area contributed by atoms with E-state index in [1.54, 1.807) is 19.2 Å². The number of hydrogen-bond donors (Lipinski definition) is 0. The van der Waals surface area contributed by atoms with E-state index in [1.807, 2.05) is 79.9 Å². The Balaban J connectivity index is 1.59. The van der Waals surface area contributed by atoms with Gasteiger partial charge in [0.15, 0.2) is 16.7 Å². The summed E-state index contributed by atoms with van der Waals surface area (Å²) >= 11 is 1.30. The summed E-state index contributed by atoms with van der Waals surface area (Å²) in [4.78, 5) is 11.3. The molecule has 0 amide bonds. The van der Waals surface area contributed by atoms with Crippen molar-refractivity contribution in [3.8, 4) is 17.2 Å². The molecule has 0 aliphatic heterocycles. The molecule has 186 valence electrons. The third-order valence-electron chi connectivity index (χ3n) is 5.72. The molecule has 4 rings (SSSR count). The van der Waals surface area contributed by atoms with Gasteiger partial charge in [0.2, 0.25) is 6.54 Å². The van der Waals surface area contributed by atoms with Gasteiger partial charge >= 0.3 is 0 Å². The zero-order valence-electron chi connectivity index (χ0n) is 20.7. The van der Waals surface area contributed by atoms with Crippen LogP contribution in [-0.4, -0.2) is 33.3 Å². The van der Waals surface area contributed by atoms with E-state index >= 15 is 0 Å². The highest BCUT2D eigenvalue weighted by Gasteiger charge is 2.25. The summed E-state index contributed by atoms with van der Waals surface area (Å²) in [6, 6.07) is 21.5. The summed E-state index contributed by atoms with van der Waals surface area (Å²) < 4.78 is 13.5. The summed E-state index contributed by atoms with van der Waals surface area (Å²) in [6.07, 6.45) is 0. The van der Waals surface area contributed by atoms with Gasteiger partial charge in [0.05, 0.1) is 7.11 Å². The topological polar surface area (TPSA) is 92.3 Å². The molecule has 9 heteroatoms. The molecule has 0 bridgehead atoms. The molecule has 0 saturated carbocycles. The lowest BCUT2D eigenvalue weighted by atomic mass is 10.1. The third-order valence-corrected chi connectivity index (χ3v) is 6.91. The second-order valence-electron chi connectivity index (χ2n) is 8.51. The van der Waals surface area contributed by atoms with Crippen molar-refractivity contribution in [3.05, 3.63) is 105 Å². The average molecular weight is 505 g/mol. The molecule has 1 aromatic heterocycles. The Bertz CT molecular complexity index is 1340. The highest BCUT2D eigenvalue weighted by atomic mass is 32.2. The van der Waals surface area contributed by atoms with Crippen LogP contribution >= 0.6 is 11.8 Å². The molecule has 8 nitrogen and oxygen atoms in total. The first-order valence-corrected chi connectivity index (χ1v) is 12.4. The predicted octanol–water partition coefficient (Wildman–Crippen LogP) is 5.89. The molecule has 1 atom stereocenters. The fraction of sp³-hybridized carbons (Fsp3) is 0.259. The molecule has 36 heavy (non-hydrogen) atoms. The maximum atomic E-state index is 11.6. The van der Waals surface area contributed by atoms with Crippen molar-refractivity contribution < 1.29 is 14.4 Å². The van der Waals surface area contributed by atoms with Crippen LogP contribution in [0.5, 0.6) is 11.5 Å². The normalized spacial score (nSPS) is 11.8. The second kappa shape index (κ2) is 11.3. The van der Waals surface area contributed by atoms with Gasteiger partial charge in [0.1, 0.15) is 17.7 Å². The number of rotatable bonds is 10. The van der Waals surface area contributed by atoms with Crippen LogP contribution in [0.4, 0.5) is 0 Å². The lowest BCUT2D eigenvalue weighted by molar-refractivity contribution is -0.479. The van der Waals surface area contributed by atoms with Crippen LogP contribution in [0.25, 0.3) is 5.69 Å². The van der Waals surface area contributed by atoms with Gasteiger partial charge in [-0.05, 0) is 56.2 Å². The van der Waals surface area contributed by atoms with Crippen LogP contribution in [0.2, 0.25) is 0 Å². The fourth-order valence-electron chi connectivity index (χ4n) is 3.73. The number of aromatic nitrogens is 3. The first-order chi connectivity index (χ1) is 17.3. The summed E-state index contributed by atoms with van der Waals surface area (Å²) in [5.41, 5.74) is 5.01. The van der Waals surface area contributed by atoms with E-state index in [1.165, 1.54) is 17.3 Å². The smallest absolute Gasteiger partial charge is 0.220 e. The van der Waals surface area contributed by atoms with Crippen LogP contribution in [0.3, 0.4) is 0 Å². The number of nitro groups is 1. The zero-order valence-corrected chi connectivity index (χ0v) is 21.5. The molecule has 4 aromatic rings. The minimum absolute atomic E-state index is 0.281. The summed E-state index contributed by atoms with van der Waals surface area (Å²) in [7, 11) is 1.56. The highest BCUT2D eigenvalue weighted by Crippen LogP contribution is 2.39. The Morgan fingerprint density at radius 2 is 1.61 bits per heavy atom. The summed E-state index contributed by atoms with van der Waals surface area (Å²) in [5, 5.41) is 20.2. The molecular weight excluding hydrogens is 476 g/mol. The quantitative estimate of drug-likeness (QED) is 0.151. The average Bonchev–Trinajstić information content (AvgIpc) is 3.23. The minimum atomic E-state index is -0.507. The van der Waals surface area contributed by atoms with Crippen molar-refractivity contribution >= 4 is 11.8 Å². The molecule has 0 fully saturated rings.